The molecule has 0 bridgehead atoms. The molecule has 16 heteroatoms. The van der Waals surface area contributed by atoms with E-state index in [1.807, 2.05) is 4.74 Å². The highest BCUT2D eigenvalue weighted by atomic mass is 19.4. The van der Waals surface area contributed by atoms with Crippen LogP contribution in [-0.2, 0) is 23.7 Å². The van der Waals surface area contributed by atoms with Gasteiger partial charge in [0.25, 0.3) is 0 Å². The van der Waals surface area contributed by atoms with Gasteiger partial charge in [0.2, 0.25) is 0 Å². The van der Waals surface area contributed by atoms with Crippen molar-refractivity contribution >= 4 is 5.97 Å². The molecule has 0 aliphatic carbocycles. The van der Waals surface area contributed by atoms with Crippen molar-refractivity contribution in [2.24, 2.45) is 0 Å². The van der Waals surface area contributed by atoms with Crippen molar-refractivity contribution in [3.8, 4) is 0 Å². The zero-order valence-electron chi connectivity index (χ0n) is 11.9. The highest BCUT2D eigenvalue weighted by Gasteiger charge is 2.80. The molecule has 1 fully saturated rings. The molecule has 0 saturated carbocycles. The molecule has 0 radical (unpaired) electrons. The van der Waals surface area contributed by atoms with Crippen LogP contribution >= 0.6 is 0 Å². The summed E-state index contributed by atoms with van der Waals surface area (Å²) in [6.07, 6.45) is -22.8. The minimum atomic E-state index is -7.26. The second kappa shape index (κ2) is 6.95. The summed E-state index contributed by atoms with van der Waals surface area (Å²) in [7, 11) is 0. The van der Waals surface area contributed by atoms with E-state index in [4.69, 9.17) is 0 Å². The number of hydrogen-bond acceptors (Lipinski definition) is 5. The molecule has 0 aromatic heterocycles. The third-order valence-corrected chi connectivity index (χ3v) is 2.67. The van der Waals surface area contributed by atoms with Gasteiger partial charge in [-0.05, 0) is 0 Å². The van der Waals surface area contributed by atoms with E-state index in [9.17, 15) is 53.1 Å². The number of alkyl halides is 11. The van der Waals surface area contributed by atoms with Crippen LogP contribution in [0.1, 0.15) is 0 Å². The van der Waals surface area contributed by atoms with Crippen LogP contribution in [0.3, 0.4) is 0 Å². The van der Waals surface area contributed by atoms with Gasteiger partial charge in [-0.25, -0.2) is 4.79 Å². The van der Waals surface area contributed by atoms with Crippen LogP contribution in [0.2, 0.25) is 0 Å². The van der Waals surface area contributed by atoms with E-state index in [1.165, 1.54) is 0 Å². The summed E-state index contributed by atoms with van der Waals surface area (Å²) in [5.74, 6) is -17.0. The largest absolute Gasteiger partial charge is 0.462 e. The van der Waals surface area contributed by atoms with Gasteiger partial charge in [0.05, 0.1) is 13.2 Å². The monoisotopic (exact) mass is 416 g/mol. The van der Waals surface area contributed by atoms with Gasteiger partial charge in [-0.1, -0.05) is 0 Å². The Bertz CT molecular complexity index is 510. The standard InChI is InChI=1S/C10H7F11O5/c11-6(8(14,15)16,5(22)25-4-1-23-3-24-2-4)26-10(20,21)7(12,13)9(17,18)19/h4H,1-3H2. The summed E-state index contributed by atoms with van der Waals surface area (Å²) in [5.41, 5.74) is 0. The summed E-state index contributed by atoms with van der Waals surface area (Å²) >= 11 is 0. The molecule has 26 heavy (non-hydrogen) atoms. The SMILES string of the molecule is O=C(OC1COCOC1)C(F)(OC(F)(F)C(F)(F)C(F)(F)F)C(F)(F)F. The number of ether oxygens (including phenoxy) is 4. The molecule has 0 aromatic carbocycles. The molecule has 0 spiro atoms. The Kier molecular flexibility index (Phi) is 6.05. The van der Waals surface area contributed by atoms with E-state index >= 15 is 0 Å². The number of carbonyl (C=O) groups is 1. The molecule has 1 heterocycles. The average molecular weight is 416 g/mol. The van der Waals surface area contributed by atoms with Crippen molar-refractivity contribution in [2.45, 2.75) is 36.3 Å². The van der Waals surface area contributed by atoms with Crippen molar-refractivity contribution in [2.75, 3.05) is 20.0 Å². The Morgan fingerprint density at radius 2 is 1.27 bits per heavy atom. The first-order valence-corrected chi connectivity index (χ1v) is 6.10. The van der Waals surface area contributed by atoms with Crippen LogP contribution in [0.4, 0.5) is 48.3 Å². The third-order valence-electron chi connectivity index (χ3n) is 2.67. The second-order valence-electron chi connectivity index (χ2n) is 4.67. The van der Waals surface area contributed by atoms with E-state index in [-0.39, 0.29) is 0 Å². The van der Waals surface area contributed by atoms with Gasteiger partial charge >= 0.3 is 36.2 Å². The molecule has 154 valence electrons. The van der Waals surface area contributed by atoms with Gasteiger partial charge in [-0.15, -0.1) is 0 Å². The highest BCUT2D eigenvalue weighted by Crippen LogP contribution is 2.51. The molecule has 1 rings (SSSR count). The molecule has 5 nitrogen and oxygen atoms in total. The fourth-order valence-corrected chi connectivity index (χ4v) is 1.38. The van der Waals surface area contributed by atoms with Gasteiger partial charge in [0.1, 0.15) is 12.9 Å². The first-order valence-electron chi connectivity index (χ1n) is 6.10. The Morgan fingerprint density at radius 1 is 0.808 bits per heavy atom. The summed E-state index contributed by atoms with van der Waals surface area (Å²) in [5, 5.41) is 0. The lowest BCUT2D eigenvalue weighted by Crippen LogP contribution is -2.62. The minimum Gasteiger partial charge on any atom is -0.453 e. The van der Waals surface area contributed by atoms with Crippen molar-refractivity contribution in [1.82, 2.24) is 0 Å². The van der Waals surface area contributed by atoms with E-state index in [0.717, 1.165) is 0 Å². The van der Waals surface area contributed by atoms with E-state index in [2.05, 4.69) is 14.2 Å². The van der Waals surface area contributed by atoms with Gasteiger partial charge in [-0.3, -0.25) is 4.74 Å². The van der Waals surface area contributed by atoms with Crippen molar-refractivity contribution < 1.29 is 72.0 Å². The van der Waals surface area contributed by atoms with Crippen LogP contribution in [0.15, 0.2) is 0 Å². The maximum atomic E-state index is 13.8. The Labute approximate surface area is 135 Å². The first-order chi connectivity index (χ1) is 11.5. The van der Waals surface area contributed by atoms with Crippen molar-refractivity contribution in [3.05, 3.63) is 0 Å². The molecule has 1 aliphatic rings. The number of rotatable bonds is 5. The van der Waals surface area contributed by atoms with Crippen LogP contribution in [0.5, 0.6) is 0 Å². The van der Waals surface area contributed by atoms with E-state index in [0.29, 0.717) is 0 Å². The Hall–Kier alpha value is -1.42. The zero-order valence-corrected chi connectivity index (χ0v) is 11.9. The minimum absolute atomic E-state index is 0.416. The van der Waals surface area contributed by atoms with Crippen molar-refractivity contribution in [3.63, 3.8) is 0 Å². The Morgan fingerprint density at radius 3 is 1.65 bits per heavy atom. The fraction of sp³-hybridized carbons (Fsp3) is 0.900. The van der Waals surface area contributed by atoms with Gasteiger partial charge in [0, 0.05) is 0 Å². The molecule has 0 aromatic rings. The normalized spacial score (nSPS) is 20.6. The molecular weight excluding hydrogens is 409 g/mol. The maximum absolute atomic E-state index is 13.8. The molecule has 0 amide bonds. The number of halogens is 11. The molecule has 1 unspecified atom stereocenters. The number of esters is 1. The number of hydrogen-bond donors (Lipinski definition) is 0. The van der Waals surface area contributed by atoms with Crippen LogP contribution in [-0.4, -0.2) is 62.3 Å². The Balaban J connectivity index is 3.14. The van der Waals surface area contributed by atoms with Crippen molar-refractivity contribution in [1.29, 1.82) is 0 Å². The van der Waals surface area contributed by atoms with Gasteiger partial charge in [0.15, 0.2) is 0 Å². The highest BCUT2D eigenvalue weighted by molar-refractivity contribution is 5.79. The lowest BCUT2D eigenvalue weighted by atomic mass is 10.2. The van der Waals surface area contributed by atoms with Gasteiger partial charge < -0.3 is 14.2 Å². The molecule has 1 aliphatic heterocycles. The maximum Gasteiger partial charge on any atom is 0.462 e. The quantitative estimate of drug-likeness (QED) is 0.510. The van der Waals surface area contributed by atoms with E-state index < -0.39 is 62.3 Å². The lowest BCUT2D eigenvalue weighted by molar-refractivity contribution is -0.475. The predicted molar refractivity (Wildman–Crippen MR) is 53.6 cm³/mol. The molecular formula is C10H7F11O5. The summed E-state index contributed by atoms with van der Waals surface area (Å²) < 4.78 is 153. The third kappa shape index (κ3) is 4.28. The van der Waals surface area contributed by atoms with Crippen LogP contribution < -0.4 is 0 Å². The summed E-state index contributed by atoms with van der Waals surface area (Å²) in [4.78, 5) is 11.2. The average Bonchev–Trinajstić information content (AvgIpc) is 2.45. The summed E-state index contributed by atoms with van der Waals surface area (Å²) in [6, 6.07) is 0. The smallest absolute Gasteiger partial charge is 0.453 e. The number of carbonyl (C=O) groups excluding carboxylic acids is 1. The molecule has 1 saturated heterocycles. The topological polar surface area (TPSA) is 54.0 Å². The lowest BCUT2D eigenvalue weighted by Gasteiger charge is -2.34. The fourth-order valence-electron chi connectivity index (χ4n) is 1.38. The zero-order chi connectivity index (χ0) is 20.6. The van der Waals surface area contributed by atoms with Gasteiger partial charge in [-0.2, -0.15) is 48.3 Å². The van der Waals surface area contributed by atoms with E-state index in [1.54, 1.807) is 0 Å². The molecule has 1 atom stereocenters. The summed E-state index contributed by atoms with van der Waals surface area (Å²) in [6.45, 7) is -1.82. The van der Waals surface area contributed by atoms with Crippen LogP contribution in [0, 0.1) is 0 Å². The molecule has 0 N–H and O–H groups in total. The first kappa shape index (κ1) is 22.6. The van der Waals surface area contributed by atoms with Crippen LogP contribution in [0.25, 0.3) is 0 Å². The second-order valence-corrected chi connectivity index (χ2v) is 4.67. The predicted octanol–water partition coefficient (Wildman–Crippen LogP) is 2.94.